The van der Waals surface area contributed by atoms with Gasteiger partial charge in [-0.05, 0) is 31.9 Å². The van der Waals surface area contributed by atoms with Crippen LogP contribution in [0.3, 0.4) is 0 Å². The molecule has 0 aliphatic heterocycles. The largest absolute Gasteiger partial charge is 0.322 e. The summed E-state index contributed by atoms with van der Waals surface area (Å²) in [6, 6.07) is 24.4. The van der Waals surface area contributed by atoms with Crippen LogP contribution in [0.25, 0.3) is 0 Å². The first-order chi connectivity index (χ1) is 13.7. The van der Waals surface area contributed by atoms with Gasteiger partial charge in [0.2, 0.25) is 10.0 Å². The summed E-state index contributed by atoms with van der Waals surface area (Å²) >= 11 is 0. The van der Waals surface area contributed by atoms with Crippen LogP contribution in [0, 0.1) is 20.8 Å². The van der Waals surface area contributed by atoms with Crippen molar-refractivity contribution < 1.29 is 27.9 Å². The van der Waals surface area contributed by atoms with Crippen LogP contribution in [0.1, 0.15) is 39.9 Å². The third-order valence-corrected chi connectivity index (χ3v) is 5.09. The molecule has 0 aliphatic carbocycles. The smallest absolute Gasteiger partial charge is 0.209 e. The Balaban J connectivity index is 0.000000379. The number of benzene rings is 3. The fourth-order valence-electron chi connectivity index (χ4n) is 3.31. The second kappa shape index (κ2) is 12.1. The summed E-state index contributed by atoms with van der Waals surface area (Å²) < 4.78 is 25.8. The van der Waals surface area contributed by atoms with E-state index in [2.05, 4.69) is 43.7 Å². The standard InChI is InChI=1S/C15H18N2O2S.C9H12.Ru/c1-20(18,19)17-15(13-10-6-3-7-11-13)14(16)12-8-4-2-5-9-12;1-7-4-8(2)6-9(3)5-7;/h2-11,14-15,17H,16H2,1H3;4-6H,1-3H3;/t14-,15-;;/m0../s1. The van der Waals surface area contributed by atoms with Gasteiger partial charge in [-0.25, -0.2) is 13.1 Å². The van der Waals surface area contributed by atoms with Gasteiger partial charge in [-0.15, -0.1) is 0 Å². The van der Waals surface area contributed by atoms with Crippen molar-refractivity contribution in [3.8, 4) is 0 Å². The maximum Gasteiger partial charge on any atom is 0.209 e. The molecule has 0 radical (unpaired) electrons. The van der Waals surface area contributed by atoms with Crippen LogP contribution >= 0.6 is 0 Å². The third kappa shape index (κ3) is 8.89. The Hall–Kier alpha value is -1.85. The zero-order valence-electron chi connectivity index (χ0n) is 17.8. The van der Waals surface area contributed by atoms with Crippen molar-refractivity contribution >= 4 is 10.0 Å². The number of rotatable bonds is 5. The third-order valence-electron chi connectivity index (χ3n) is 4.41. The van der Waals surface area contributed by atoms with Crippen LogP contribution < -0.4 is 10.5 Å². The molecule has 0 fully saturated rings. The number of sulfonamides is 1. The number of aryl methyl sites for hydroxylation is 3. The Kier molecular flexibility index (Phi) is 10.6. The minimum atomic E-state index is -3.35. The Labute approximate surface area is 193 Å². The number of nitrogens with two attached hydrogens (primary N) is 1. The van der Waals surface area contributed by atoms with Crippen molar-refractivity contribution in [1.29, 1.82) is 0 Å². The van der Waals surface area contributed by atoms with Gasteiger partial charge in [-0.2, -0.15) is 0 Å². The van der Waals surface area contributed by atoms with E-state index in [0.29, 0.717) is 0 Å². The van der Waals surface area contributed by atoms with Crippen molar-refractivity contribution in [3.05, 3.63) is 107 Å². The van der Waals surface area contributed by atoms with Crippen LogP contribution in [0.15, 0.2) is 78.9 Å². The van der Waals surface area contributed by atoms with E-state index < -0.39 is 22.1 Å². The van der Waals surface area contributed by atoms with Gasteiger partial charge >= 0.3 is 0 Å². The molecule has 4 nitrogen and oxygen atoms in total. The van der Waals surface area contributed by atoms with Gasteiger partial charge < -0.3 is 5.73 Å². The molecule has 162 valence electrons. The summed E-state index contributed by atoms with van der Waals surface area (Å²) in [4.78, 5) is 0. The maximum absolute atomic E-state index is 11.6. The summed E-state index contributed by atoms with van der Waals surface area (Å²) in [6.07, 6.45) is 1.14. The van der Waals surface area contributed by atoms with Gasteiger partial charge in [0, 0.05) is 19.5 Å². The summed E-state index contributed by atoms with van der Waals surface area (Å²) in [6.45, 7) is 6.38. The van der Waals surface area contributed by atoms with E-state index >= 15 is 0 Å². The molecular weight excluding hydrogens is 481 g/mol. The SMILES string of the molecule is CS(=O)(=O)N[C@@H](c1ccccc1)[C@@H](N)c1ccccc1.Cc1cc(C)cc(C)c1.[Ru]. The molecule has 3 aromatic carbocycles. The number of nitrogens with one attached hydrogen (secondary N) is 1. The van der Waals surface area contributed by atoms with Gasteiger partial charge in [0.15, 0.2) is 0 Å². The predicted molar refractivity (Wildman–Crippen MR) is 121 cm³/mol. The maximum atomic E-state index is 11.6. The molecule has 0 heterocycles. The molecule has 0 spiro atoms. The van der Waals surface area contributed by atoms with Gasteiger partial charge in [0.1, 0.15) is 0 Å². The van der Waals surface area contributed by atoms with E-state index in [0.717, 1.165) is 17.4 Å². The molecule has 6 heteroatoms. The minimum absolute atomic E-state index is 0. The quantitative estimate of drug-likeness (QED) is 0.493. The van der Waals surface area contributed by atoms with Crippen LogP contribution in [0.4, 0.5) is 0 Å². The van der Waals surface area contributed by atoms with Crippen LogP contribution in [-0.2, 0) is 29.5 Å². The molecule has 0 aliphatic rings. The second-order valence-electron chi connectivity index (χ2n) is 7.38. The second-order valence-corrected chi connectivity index (χ2v) is 9.16. The van der Waals surface area contributed by atoms with Crippen molar-refractivity contribution in [2.24, 2.45) is 5.73 Å². The summed E-state index contributed by atoms with van der Waals surface area (Å²) in [5.74, 6) is 0. The van der Waals surface area contributed by atoms with Crippen LogP contribution in [-0.4, -0.2) is 14.7 Å². The van der Waals surface area contributed by atoms with Crippen molar-refractivity contribution in [3.63, 3.8) is 0 Å². The summed E-state index contributed by atoms with van der Waals surface area (Å²) in [7, 11) is -3.35. The van der Waals surface area contributed by atoms with E-state index in [4.69, 9.17) is 5.73 Å². The zero-order valence-corrected chi connectivity index (χ0v) is 20.4. The Morgan fingerprint density at radius 2 is 1.10 bits per heavy atom. The van der Waals surface area contributed by atoms with E-state index in [1.807, 2.05) is 60.7 Å². The molecule has 0 saturated heterocycles. The number of hydrogen-bond donors (Lipinski definition) is 2. The molecule has 0 saturated carbocycles. The molecular formula is C24H30N2O2RuS. The molecule has 30 heavy (non-hydrogen) atoms. The van der Waals surface area contributed by atoms with E-state index in [-0.39, 0.29) is 19.5 Å². The summed E-state index contributed by atoms with van der Waals surface area (Å²) in [5, 5.41) is 0. The molecule has 0 aromatic heterocycles. The van der Waals surface area contributed by atoms with E-state index in [1.54, 1.807) is 0 Å². The monoisotopic (exact) mass is 512 g/mol. The minimum Gasteiger partial charge on any atom is -0.322 e. The first kappa shape index (κ1) is 26.2. The first-order valence-electron chi connectivity index (χ1n) is 9.53. The molecule has 0 amide bonds. The normalized spacial score (nSPS) is 12.7. The molecule has 3 aromatic rings. The van der Waals surface area contributed by atoms with Crippen molar-refractivity contribution in [2.75, 3.05) is 6.26 Å². The van der Waals surface area contributed by atoms with Gasteiger partial charge in [0.05, 0.1) is 18.3 Å². The average Bonchev–Trinajstić information content (AvgIpc) is 2.66. The topological polar surface area (TPSA) is 72.2 Å². The average molecular weight is 512 g/mol. The first-order valence-corrected chi connectivity index (χ1v) is 11.4. The van der Waals surface area contributed by atoms with Crippen LogP contribution in [0.5, 0.6) is 0 Å². The zero-order chi connectivity index (χ0) is 21.4. The van der Waals surface area contributed by atoms with Crippen molar-refractivity contribution in [1.82, 2.24) is 4.72 Å². The molecule has 2 atom stereocenters. The fraction of sp³-hybridized carbons (Fsp3) is 0.250. The van der Waals surface area contributed by atoms with Gasteiger partial charge in [-0.3, -0.25) is 0 Å². The van der Waals surface area contributed by atoms with Gasteiger partial charge in [0.25, 0.3) is 0 Å². The Morgan fingerprint density at radius 3 is 1.47 bits per heavy atom. The van der Waals surface area contributed by atoms with E-state index in [9.17, 15) is 8.42 Å². The molecule has 0 bridgehead atoms. The molecule has 3 N–H and O–H groups in total. The Bertz CT molecular complexity index is 959. The number of hydrogen-bond acceptors (Lipinski definition) is 3. The predicted octanol–water partition coefficient (Wildman–Crippen LogP) is 4.59. The van der Waals surface area contributed by atoms with Crippen molar-refractivity contribution in [2.45, 2.75) is 32.9 Å². The van der Waals surface area contributed by atoms with E-state index in [1.165, 1.54) is 16.7 Å². The summed E-state index contributed by atoms with van der Waals surface area (Å²) in [5.41, 5.74) is 12.0. The molecule has 3 rings (SSSR count). The Morgan fingerprint density at radius 1 is 0.733 bits per heavy atom. The molecule has 0 unspecified atom stereocenters. The van der Waals surface area contributed by atoms with Crippen LogP contribution in [0.2, 0.25) is 0 Å². The fourth-order valence-corrected chi connectivity index (χ4v) is 4.05. The van der Waals surface area contributed by atoms with Gasteiger partial charge in [-0.1, -0.05) is 95.6 Å².